The van der Waals surface area contributed by atoms with E-state index in [4.69, 9.17) is 13.7 Å². The quantitative estimate of drug-likeness (QED) is 0.318. The summed E-state index contributed by atoms with van der Waals surface area (Å²) >= 11 is 1.39. The SMILES string of the molecule is COc1ccc(C(C#Cc2ccccc2)CCOSC)cc1OC1CCCC1. The molecule has 4 heteroatoms. The Balaban J connectivity index is 1.84. The fourth-order valence-corrected chi connectivity index (χ4v) is 3.71. The lowest BCUT2D eigenvalue weighted by Gasteiger charge is -2.18. The third-order valence-electron chi connectivity index (χ3n) is 4.96. The highest BCUT2D eigenvalue weighted by Gasteiger charge is 2.20. The van der Waals surface area contributed by atoms with E-state index in [9.17, 15) is 0 Å². The first-order valence-corrected chi connectivity index (χ1v) is 11.0. The van der Waals surface area contributed by atoms with E-state index in [0.717, 1.165) is 41.9 Å². The zero-order chi connectivity index (χ0) is 19.6. The first-order chi connectivity index (χ1) is 13.8. The summed E-state index contributed by atoms with van der Waals surface area (Å²) in [5, 5.41) is 0. The summed E-state index contributed by atoms with van der Waals surface area (Å²) in [7, 11) is 1.69. The molecule has 0 aromatic heterocycles. The summed E-state index contributed by atoms with van der Waals surface area (Å²) < 4.78 is 17.3. The van der Waals surface area contributed by atoms with Crippen molar-refractivity contribution < 1.29 is 13.7 Å². The van der Waals surface area contributed by atoms with Gasteiger partial charge in [-0.2, -0.15) is 0 Å². The molecule has 0 aliphatic heterocycles. The van der Waals surface area contributed by atoms with Crippen LogP contribution in [0.5, 0.6) is 11.5 Å². The topological polar surface area (TPSA) is 27.7 Å². The van der Waals surface area contributed by atoms with Crippen LogP contribution < -0.4 is 9.47 Å². The number of benzene rings is 2. The molecular formula is C24H28O3S. The van der Waals surface area contributed by atoms with Gasteiger partial charge in [0.25, 0.3) is 0 Å². The maximum absolute atomic E-state index is 6.27. The molecular weight excluding hydrogens is 368 g/mol. The van der Waals surface area contributed by atoms with Gasteiger partial charge in [-0.05, 0) is 74.0 Å². The van der Waals surface area contributed by atoms with Crippen molar-refractivity contribution in [1.82, 2.24) is 0 Å². The second kappa shape index (κ2) is 11.0. The van der Waals surface area contributed by atoms with Gasteiger partial charge in [-0.3, -0.25) is 0 Å². The molecule has 1 aliphatic rings. The van der Waals surface area contributed by atoms with Gasteiger partial charge < -0.3 is 13.7 Å². The molecule has 3 rings (SSSR count). The monoisotopic (exact) mass is 396 g/mol. The van der Waals surface area contributed by atoms with Crippen LogP contribution in [0.4, 0.5) is 0 Å². The summed E-state index contributed by atoms with van der Waals surface area (Å²) in [6.45, 7) is 0.653. The normalized spacial score (nSPS) is 14.9. The minimum Gasteiger partial charge on any atom is -0.493 e. The van der Waals surface area contributed by atoms with Crippen LogP contribution >= 0.6 is 12.0 Å². The van der Waals surface area contributed by atoms with E-state index in [-0.39, 0.29) is 12.0 Å². The van der Waals surface area contributed by atoms with Gasteiger partial charge in [0, 0.05) is 17.7 Å². The number of hydrogen-bond donors (Lipinski definition) is 0. The molecule has 0 heterocycles. The number of methoxy groups -OCH3 is 1. The lowest BCUT2D eigenvalue weighted by Crippen LogP contribution is -2.12. The minimum absolute atomic E-state index is 0.0733. The predicted molar refractivity (Wildman–Crippen MR) is 116 cm³/mol. The predicted octanol–water partition coefficient (Wildman–Crippen LogP) is 5.84. The van der Waals surface area contributed by atoms with Crippen molar-refractivity contribution in [1.29, 1.82) is 0 Å². The first kappa shape index (κ1) is 20.6. The summed E-state index contributed by atoms with van der Waals surface area (Å²) in [5.74, 6) is 8.42. The zero-order valence-electron chi connectivity index (χ0n) is 16.6. The number of ether oxygens (including phenoxy) is 2. The summed E-state index contributed by atoms with van der Waals surface area (Å²) in [6.07, 6.45) is 7.77. The van der Waals surface area contributed by atoms with Crippen molar-refractivity contribution in [3.63, 3.8) is 0 Å². The number of rotatable bonds is 8. The lowest BCUT2D eigenvalue weighted by atomic mass is 9.95. The Morgan fingerprint density at radius 1 is 1.07 bits per heavy atom. The summed E-state index contributed by atoms with van der Waals surface area (Å²) in [4.78, 5) is 0. The Labute approximate surface area is 173 Å². The van der Waals surface area contributed by atoms with Crippen LogP contribution in [0.2, 0.25) is 0 Å². The molecule has 1 saturated carbocycles. The van der Waals surface area contributed by atoms with Crippen LogP contribution in [0.25, 0.3) is 0 Å². The second-order valence-electron chi connectivity index (χ2n) is 6.90. The van der Waals surface area contributed by atoms with Crippen LogP contribution in [-0.2, 0) is 4.18 Å². The fraction of sp³-hybridized carbons (Fsp3) is 0.417. The molecule has 1 unspecified atom stereocenters. The van der Waals surface area contributed by atoms with Crippen LogP contribution in [-0.4, -0.2) is 26.1 Å². The van der Waals surface area contributed by atoms with Crippen molar-refractivity contribution in [3.8, 4) is 23.3 Å². The molecule has 0 radical (unpaired) electrons. The van der Waals surface area contributed by atoms with Gasteiger partial charge in [0.2, 0.25) is 0 Å². The van der Waals surface area contributed by atoms with Gasteiger partial charge in [-0.1, -0.05) is 36.1 Å². The molecule has 0 N–H and O–H groups in total. The van der Waals surface area contributed by atoms with Crippen molar-refractivity contribution in [2.75, 3.05) is 20.0 Å². The minimum atomic E-state index is 0.0733. The average Bonchev–Trinajstić information content (AvgIpc) is 3.24. The van der Waals surface area contributed by atoms with Crippen LogP contribution in [0, 0.1) is 11.8 Å². The highest BCUT2D eigenvalue weighted by Crippen LogP contribution is 2.35. The van der Waals surface area contributed by atoms with Crippen molar-refractivity contribution in [3.05, 3.63) is 59.7 Å². The Hall–Kier alpha value is -2.09. The van der Waals surface area contributed by atoms with Crippen molar-refractivity contribution in [2.45, 2.75) is 44.1 Å². The molecule has 0 saturated heterocycles. The second-order valence-corrected chi connectivity index (χ2v) is 7.47. The molecule has 3 nitrogen and oxygen atoms in total. The van der Waals surface area contributed by atoms with Gasteiger partial charge in [0.1, 0.15) is 0 Å². The maximum Gasteiger partial charge on any atom is 0.161 e. The molecule has 0 bridgehead atoms. The Morgan fingerprint density at radius 3 is 2.57 bits per heavy atom. The summed E-state index contributed by atoms with van der Waals surface area (Å²) in [6, 6.07) is 16.3. The van der Waals surface area contributed by atoms with Crippen molar-refractivity contribution in [2.24, 2.45) is 0 Å². The molecule has 2 aromatic carbocycles. The van der Waals surface area contributed by atoms with E-state index >= 15 is 0 Å². The third kappa shape index (κ3) is 5.95. The molecule has 28 heavy (non-hydrogen) atoms. The lowest BCUT2D eigenvalue weighted by molar-refractivity contribution is 0.200. The highest BCUT2D eigenvalue weighted by molar-refractivity contribution is 7.93. The van der Waals surface area contributed by atoms with Gasteiger partial charge >= 0.3 is 0 Å². The van der Waals surface area contributed by atoms with Gasteiger partial charge in [-0.15, -0.1) is 0 Å². The largest absolute Gasteiger partial charge is 0.493 e. The van der Waals surface area contributed by atoms with Crippen molar-refractivity contribution >= 4 is 12.0 Å². The van der Waals surface area contributed by atoms with E-state index in [1.807, 2.05) is 42.7 Å². The Bertz CT molecular complexity index is 788. The Kier molecular flexibility index (Phi) is 8.14. The highest BCUT2D eigenvalue weighted by atomic mass is 32.2. The van der Waals surface area contributed by atoms with E-state index in [0.29, 0.717) is 6.61 Å². The molecule has 0 spiro atoms. The van der Waals surface area contributed by atoms with E-state index in [2.05, 4.69) is 24.0 Å². The molecule has 0 amide bonds. The van der Waals surface area contributed by atoms with Gasteiger partial charge in [0.05, 0.1) is 19.8 Å². The number of hydrogen-bond acceptors (Lipinski definition) is 4. The summed E-state index contributed by atoms with van der Waals surface area (Å²) in [5.41, 5.74) is 2.16. The maximum atomic E-state index is 6.27. The molecule has 1 fully saturated rings. The molecule has 2 aromatic rings. The van der Waals surface area contributed by atoms with Gasteiger partial charge in [-0.25, -0.2) is 0 Å². The van der Waals surface area contributed by atoms with E-state index in [1.165, 1.54) is 24.9 Å². The third-order valence-corrected chi connectivity index (χ3v) is 5.36. The fourth-order valence-electron chi connectivity index (χ4n) is 3.45. The van der Waals surface area contributed by atoms with Crippen LogP contribution in [0.15, 0.2) is 48.5 Å². The van der Waals surface area contributed by atoms with Crippen LogP contribution in [0.1, 0.15) is 49.1 Å². The van der Waals surface area contributed by atoms with Gasteiger partial charge in [0.15, 0.2) is 11.5 Å². The van der Waals surface area contributed by atoms with Crippen LogP contribution in [0.3, 0.4) is 0 Å². The smallest absolute Gasteiger partial charge is 0.161 e. The molecule has 148 valence electrons. The zero-order valence-corrected chi connectivity index (χ0v) is 17.5. The molecule has 1 atom stereocenters. The average molecular weight is 397 g/mol. The first-order valence-electron chi connectivity index (χ1n) is 9.87. The Morgan fingerprint density at radius 2 is 1.86 bits per heavy atom. The van der Waals surface area contributed by atoms with E-state index in [1.54, 1.807) is 7.11 Å². The molecule has 1 aliphatic carbocycles. The standard InChI is InChI=1S/C24H28O3S/c1-25-23-15-14-21(18-24(23)27-22-10-6-7-11-22)20(16-17-26-28-2)13-12-19-8-4-3-5-9-19/h3-5,8-9,14-15,18,20,22H,6-7,10-11,16-17H2,1-2H3. The van der Waals surface area contributed by atoms with E-state index < -0.39 is 0 Å².